The number of carbonyl (C=O) groups is 1. The SMILES string of the molecule is O=C(O)CC=Cc1ncc(Cl)cc1[N+](=O)[O-]. The molecule has 0 bridgehead atoms. The van der Waals surface area contributed by atoms with Crippen molar-refractivity contribution in [3.63, 3.8) is 0 Å². The Hall–Kier alpha value is -1.95. The number of carboxylic acid groups (broad SMARTS) is 1. The number of hydrogen-bond acceptors (Lipinski definition) is 4. The summed E-state index contributed by atoms with van der Waals surface area (Å²) in [6.45, 7) is 0. The Morgan fingerprint density at radius 3 is 2.94 bits per heavy atom. The van der Waals surface area contributed by atoms with Gasteiger partial charge in [0.2, 0.25) is 0 Å². The summed E-state index contributed by atoms with van der Waals surface area (Å²) < 4.78 is 0. The van der Waals surface area contributed by atoms with E-state index in [1.54, 1.807) is 0 Å². The zero-order valence-corrected chi connectivity index (χ0v) is 8.72. The third-order valence-electron chi connectivity index (χ3n) is 1.63. The van der Waals surface area contributed by atoms with E-state index < -0.39 is 10.9 Å². The third-order valence-corrected chi connectivity index (χ3v) is 1.84. The topological polar surface area (TPSA) is 93.3 Å². The first kappa shape index (κ1) is 12.1. The van der Waals surface area contributed by atoms with E-state index in [0.29, 0.717) is 0 Å². The Morgan fingerprint density at radius 1 is 1.69 bits per heavy atom. The van der Waals surface area contributed by atoms with Gasteiger partial charge in [-0.15, -0.1) is 0 Å². The lowest BCUT2D eigenvalue weighted by atomic mass is 10.2. The Kier molecular flexibility index (Phi) is 3.96. The van der Waals surface area contributed by atoms with Crippen LogP contribution in [0.3, 0.4) is 0 Å². The Morgan fingerprint density at radius 2 is 2.38 bits per heavy atom. The molecule has 0 saturated carbocycles. The molecule has 0 unspecified atom stereocenters. The highest BCUT2D eigenvalue weighted by molar-refractivity contribution is 6.30. The smallest absolute Gasteiger partial charge is 0.307 e. The van der Waals surface area contributed by atoms with Gasteiger partial charge in [-0.2, -0.15) is 0 Å². The van der Waals surface area contributed by atoms with Crippen LogP contribution in [0.4, 0.5) is 5.69 Å². The zero-order chi connectivity index (χ0) is 12.1. The first-order valence-electron chi connectivity index (χ1n) is 4.19. The highest BCUT2D eigenvalue weighted by Crippen LogP contribution is 2.21. The third kappa shape index (κ3) is 3.32. The lowest BCUT2D eigenvalue weighted by Crippen LogP contribution is -1.95. The van der Waals surface area contributed by atoms with Gasteiger partial charge in [0.05, 0.1) is 16.4 Å². The summed E-state index contributed by atoms with van der Waals surface area (Å²) >= 11 is 5.56. The van der Waals surface area contributed by atoms with Gasteiger partial charge < -0.3 is 5.11 Å². The second-order valence-electron chi connectivity index (χ2n) is 2.82. The Labute approximate surface area is 95.3 Å². The lowest BCUT2D eigenvalue weighted by Gasteiger charge is -1.96. The minimum absolute atomic E-state index is 0.0793. The predicted molar refractivity (Wildman–Crippen MR) is 57.2 cm³/mol. The van der Waals surface area contributed by atoms with Crippen LogP contribution >= 0.6 is 11.6 Å². The lowest BCUT2D eigenvalue weighted by molar-refractivity contribution is -0.385. The highest BCUT2D eigenvalue weighted by Gasteiger charge is 2.13. The summed E-state index contributed by atoms with van der Waals surface area (Å²) in [6, 6.07) is 1.16. The summed E-state index contributed by atoms with van der Waals surface area (Å²) in [7, 11) is 0. The molecule has 0 aliphatic heterocycles. The maximum atomic E-state index is 10.6. The molecule has 0 atom stereocenters. The number of pyridine rings is 1. The molecule has 0 aromatic carbocycles. The molecule has 0 amide bonds. The van der Waals surface area contributed by atoms with Crippen molar-refractivity contribution >= 4 is 29.3 Å². The van der Waals surface area contributed by atoms with E-state index in [1.807, 2.05) is 0 Å². The molecule has 7 heteroatoms. The standard InChI is InChI=1S/C9H7ClN2O4/c10-6-4-8(12(15)16)7(11-5-6)2-1-3-9(13)14/h1-2,4-5H,3H2,(H,13,14). The van der Waals surface area contributed by atoms with Crippen molar-refractivity contribution in [3.8, 4) is 0 Å². The number of nitrogens with zero attached hydrogens (tertiary/aromatic N) is 2. The van der Waals surface area contributed by atoms with Crippen LogP contribution in [0, 0.1) is 10.1 Å². The number of nitro groups is 1. The minimum Gasteiger partial charge on any atom is -0.481 e. The fourth-order valence-corrected chi connectivity index (χ4v) is 1.14. The second kappa shape index (κ2) is 5.22. The molecule has 1 aromatic rings. The van der Waals surface area contributed by atoms with E-state index in [1.165, 1.54) is 18.3 Å². The number of halogens is 1. The van der Waals surface area contributed by atoms with Crippen LogP contribution in [-0.2, 0) is 4.79 Å². The van der Waals surface area contributed by atoms with Crippen molar-refractivity contribution < 1.29 is 14.8 Å². The quantitative estimate of drug-likeness (QED) is 0.645. The fourth-order valence-electron chi connectivity index (χ4n) is 0.985. The second-order valence-corrected chi connectivity index (χ2v) is 3.25. The summed E-state index contributed by atoms with van der Waals surface area (Å²) in [6.07, 6.45) is 3.60. The van der Waals surface area contributed by atoms with Crippen molar-refractivity contribution in [3.05, 3.63) is 39.2 Å². The molecule has 1 aromatic heterocycles. The normalized spacial score (nSPS) is 10.6. The fraction of sp³-hybridized carbons (Fsp3) is 0.111. The number of aromatic nitrogens is 1. The van der Waals surface area contributed by atoms with E-state index >= 15 is 0 Å². The maximum Gasteiger partial charge on any atom is 0.307 e. The van der Waals surface area contributed by atoms with Gasteiger partial charge in [-0.1, -0.05) is 17.7 Å². The molecule has 0 fully saturated rings. The van der Waals surface area contributed by atoms with Crippen LogP contribution in [0.25, 0.3) is 6.08 Å². The molecule has 0 aliphatic rings. The first-order valence-corrected chi connectivity index (χ1v) is 4.57. The van der Waals surface area contributed by atoms with E-state index in [4.69, 9.17) is 16.7 Å². The van der Waals surface area contributed by atoms with Crippen LogP contribution in [0.1, 0.15) is 12.1 Å². The van der Waals surface area contributed by atoms with Gasteiger partial charge in [-0.3, -0.25) is 14.9 Å². The van der Waals surface area contributed by atoms with Crippen molar-refractivity contribution in [1.29, 1.82) is 0 Å². The summed E-state index contributed by atoms with van der Waals surface area (Å²) in [5, 5.41) is 19.2. The Bertz CT molecular complexity index is 459. The number of carboxylic acids is 1. The molecule has 16 heavy (non-hydrogen) atoms. The molecule has 1 rings (SSSR count). The van der Waals surface area contributed by atoms with E-state index in [9.17, 15) is 14.9 Å². The van der Waals surface area contributed by atoms with E-state index in [-0.39, 0.29) is 22.8 Å². The summed E-state index contributed by atoms with van der Waals surface area (Å²) in [5.41, 5.74) is -0.176. The number of aliphatic carboxylic acids is 1. The van der Waals surface area contributed by atoms with Crippen molar-refractivity contribution in [2.45, 2.75) is 6.42 Å². The largest absolute Gasteiger partial charge is 0.481 e. The molecule has 0 spiro atoms. The van der Waals surface area contributed by atoms with Crippen LogP contribution in [0.15, 0.2) is 18.3 Å². The van der Waals surface area contributed by atoms with Gasteiger partial charge in [0.25, 0.3) is 5.69 Å². The van der Waals surface area contributed by atoms with Crippen LogP contribution in [-0.4, -0.2) is 21.0 Å². The van der Waals surface area contributed by atoms with E-state index in [0.717, 1.165) is 6.07 Å². The van der Waals surface area contributed by atoms with Gasteiger partial charge in [-0.05, 0) is 6.08 Å². The molecular weight excluding hydrogens is 236 g/mol. The monoisotopic (exact) mass is 242 g/mol. The predicted octanol–water partition coefficient (Wildman–Crippen LogP) is 2.13. The van der Waals surface area contributed by atoms with Crippen LogP contribution in [0.5, 0.6) is 0 Å². The molecular formula is C9H7ClN2O4. The molecule has 0 saturated heterocycles. The van der Waals surface area contributed by atoms with Gasteiger partial charge in [-0.25, -0.2) is 4.98 Å². The molecule has 0 radical (unpaired) electrons. The average Bonchev–Trinajstić information content (AvgIpc) is 2.19. The highest BCUT2D eigenvalue weighted by atomic mass is 35.5. The van der Waals surface area contributed by atoms with E-state index in [2.05, 4.69) is 4.98 Å². The number of hydrogen-bond donors (Lipinski definition) is 1. The molecule has 1 N–H and O–H groups in total. The van der Waals surface area contributed by atoms with Gasteiger partial charge in [0, 0.05) is 12.3 Å². The maximum absolute atomic E-state index is 10.6. The van der Waals surface area contributed by atoms with Crippen molar-refractivity contribution in [2.24, 2.45) is 0 Å². The minimum atomic E-state index is -1.02. The van der Waals surface area contributed by atoms with Gasteiger partial charge in [0.1, 0.15) is 5.69 Å². The molecule has 0 aliphatic carbocycles. The van der Waals surface area contributed by atoms with Crippen molar-refractivity contribution in [2.75, 3.05) is 0 Å². The van der Waals surface area contributed by atoms with Crippen LogP contribution in [0.2, 0.25) is 5.02 Å². The molecule has 1 heterocycles. The van der Waals surface area contributed by atoms with Gasteiger partial charge >= 0.3 is 5.97 Å². The molecule has 6 nitrogen and oxygen atoms in total. The van der Waals surface area contributed by atoms with Crippen LogP contribution < -0.4 is 0 Å². The molecule has 84 valence electrons. The van der Waals surface area contributed by atoms with Crippen molar-refractivity contribution in [1.82, 2.24) is 4.98 Å². The summed E-state index contributed by atoms with van der Waals surface area (Å²) in [4.78, 5) is 24.0. The van der Waals surface area contributed by atoms with Gasteiger partial charge in [0.15, 0.2) is 0 Å². The number of rotatable bonds is 4. The average molecular weight is 243 g/mol. The zero-order valence-electron chi connectivity index (χ0n) is 7.96. The first-order chi connectivity index (χ1) is 7.50. The Balaban J connectivity index is 2.99. The summed E-state index contributed by atoms with van der Waals surface area (Å²) in [5.74, 6) is -1.02.